The summed E-state index contributed by atoms with van der Waals surface area (Å²) in [5.41, 5.74) is 0.973. The van der Waals surface area contributed by atoms with Crippen molar-refractivity contribution in [3.8, 4) is 0 Å². The average molecular weight is 194 g/mol. The third-order valence-electron chi connectivity index (χ3n) is 5.85. The highest BCUT2D eigenvalue weighted by Crippen LogP contribution is 2.69. The van der Waals surface area contributed by atoms with Crippen LogP contribution in [0.2, 0.25) is 0 Å². The Bertz CT molecular complexity index is 250. The van der Waals surface area contributed by atoms with Crippen molar-refractivity contribution >= 4 is 0 Å². The Morgan fingerprint density at radius 1 is 1.14 bits per heavy atom. The van der Waals surface area contributed by atoms with Crippen molar-refractivity contribution < 1.29 is 5.11 Å². The van der Waals surface area contributed by atoms with E-state index in [1.807, 2.05) is 0 Å². The van der Waals surface area contributed by atoms with E-state index < -0.39 is 0 Å². The molecule has 4 saturated carbocycles. The number of aliphatic hydroxyl groups is 1. The molecule has 1 heteroatoms. The van der Waals surface area contributed by atoms with Crippen LogP contribution in [-0.2, 0) is 0 Å². The molecular formula is C13H22O. The van der Waals surface area contributed by atoms with Crippen LogP contribution in [0.3, 0.4) is 0 Å². The van der Waals surface area contributed by atoms with Crippen LogP contribution in [0.4, 0.5) is 0 Å². The molecule has 1 nitrogen and oxygen atoms in total. The summed E-state index contributed by atoms with van der Waals surface area (Å²) in [6, 6.07) is 0. The Kier molecular flexibility index (Phi) is 1.68. The lowest BCUT2D eigenvalue weighted by Gasteiger charge is -2.61. The first kappa shape index (κ1) is 9.21. The lowest BCUT2D eigenvalue weighted by molar-refractivity contribution is -0.131. The predicted octanol–water partition coefficient (Wildman–Crippen LogP) is 2.83. The van der Waals surface area contributed by atoms with E-state index in [0.717, 1.165) is 17.8 Å². The second-order valence-corrected chi connectivity index (χ2v) is 6.56. The van der Waals surface area contributed by atoms with E-state index in [1.54, 1.807) is 0 Å². The first-order chi connectivity index (χ1) is 6.60. The third-order valence-corrected chi connectivity index (χ3v) is 5.85. The minimum Gasteiger partial charge on any atom is -0.396 e. The van der Waals surface area contributed by atoms with Gasteiger partial charge in [0.05, 0.1) is 0 Å². The fourth-order valence-electron chi connectivity index (χ4n) is 4.35. The minimum absolute atomic E-state index is 0.382. The normalized spacial score (nSPS) is 46.9. The van der Waals surface area contributed by atoms with E-state index in [9.17, 15) is 5.11 Å². The molecule has 4 rings (SSSR count). The lowest BCUT2D eigenvalue weighted by atomic mass is 9.43. The zero-order valence-corrected chi connectivity index (χ0v) is 9.42. The van der Waals surface area contributed by atoms with E-state index in [-0.39, 0.29) is 0 Å². The molecule has 0 amide bonds. The van der Waals surface area contributed by atoms with Crippen molar-refractivity contribution in [2.45, 2.75) is 46.0 Å². The molecule has 0 aromatic heterocycles. The van der Waals surface area contributed by atoms with Gasteiger partial charge < -0.3 is 5.11 Å². The number of fused-ring (bicyclic) bond motifs is 2. The maximum atomic E-state index is 9.51. The predicted molar refractivity (Wildman–Crippen MR) is 56.9 cm³/mol. The second-order valence-electron chi connectivity index (χ2n) is 6.56. The number of hydrogen-bond acceptors (Lipinski definition) is 1. The molecule has 4 aliphatic rings. The molecule has 4 aliphatic carbocycles. The molecule has 2 bridgehead atoms. The van der Waals surface area contributed by atoms with Gasteiger partial charge in [0.25, 0.3) is 0 Å². The van der Waals surface area contributed by atoms with Crippen LogP contribution in [0, 0.1) is 28.6 Å². The summed E-state index contributed by atoms with van der Waals surface area (Å²) in [4.78, 5) is 0. The summed E-state index contributed by atoms with van der Waals surface area (Å²) in [7, 11) is 0. The molecule has 4 fully saturated rings. The molecule has 1 N–H and O–H groups in total. The Balaban J connectivity index is 1.82. The van der Waals surface area contributed by atoms with Crippen molar-refractivity contribution in [3.05, 3.63) is 0 Å². The molecule has 0 aliphatic heterocycles. The van der Waals surface area contributed by atoms with Crippen molar-refractivity contribution in [1.82, 2.24) is 0 Å². The Morgan fingerprint density at radius 2 is 1.86 bits per heavy atom. The zero-order chi connectivity index (χ0) is 9.97. The van der Waals surface area contributed by atoms with Crippen molar-refractivity contribution in [2.24, 2.45) is 28.6 Å². The van der Waals surface area contributed by atoms with Crippen molar-refractivity contribution in [3.63, 3.8) is 0 Å². The first-order valence-electron chi connectivity index (χ1n) is 6.21. The first-order valence-corrected chi connectivity index (χ1v) is 6.21. The van der Waals surface area contributed by atoms with E-state index in [1.165, 1.54) is 32.1 Å². The number of hydrogen-bond donors (Lipinski definition) is 1. The van der Waals surface area contributed by atoms with Gasteiger partial charge >= 0.3 is 0 Å². The fourth-order valence-corrected chi connectivity index (χ4v) is 4.35. The largest absolute Gasteiger partial charge is 0.396 e. The molecule has 14 heavy (non-hydrogen) atoms. The van der Waals surface area contributed by atoms with Gasteiger partial charge in [0.2, 0.25) is 0 Å². The minimum atomic E-state index is 0.382. The number of aliphatic hydroxyl groups excluding tert-OH is 1. The molecule has 0 radical (unpaired) electrons. The smallest absolute Gasteiger partial charge is 0.0490 e. The van der Waals surface area contributed by atoms with Crippen LogP contribution < -0.4 is 0 Å². The second kappa shape index (κ2) is 2.55. The topological polar surface area (TPSA) is 20.2 Å². The standard InChI is InChI=1S/C13H22O/c1-12(2)9-3-4-10(11(12)7-9)13(8-14)5-6-13/h9-11,14H,3-8H2,1-2H3. The molecule has 3 unspecified atom stereocenters. The summed E-state index contributed by atoms with van der Waals surface area (Å²) in [5.74, 6) is 2.78. The highest BCUT2D eigenvalue weighted by atomic mass is 16.3. The maximum Gasteiger partial charge on any atom is 0.0490 e. The summed E-state index contributed by atoms with van der Waals surface area (Å²) in [5, 5.41) is 9.51. The van der Waals surface area contributed by atoms with E-state index in [0.29, 0.717) is 17.4 Å². The summed E-state index contributed by atoms with van der Waals surface area (Å²) < 4.78 is 0. The monoisotopic (exact) mass is 194 g/mol. The molecule has 0 aromatic rings. The Labute approximate surface area is 86.9 Å². The van der Waals surface area contributed by atoms with Gasteiger partial charge in [0.15, 0.2) is 0 Å². The van der Waals surface area contributed by atoms with Gasteiger partial charge in [-0.05, 0) is 60.7 Å². The molecule has 0 spiro atoms. The van der Waals surface area contributed by atoms with Gasteiger partial charge in [-0.1, -0.05) is 13.8 Å². The van der Waals surface area contributed by atoms with Crippen LogP contribution in [0.1, 0.15) is 46.0 Å². The molecule has 0 heterocycles. The molecule has 0 aromatic carbocycles. The van der Waals surface area contributed by atoms with E-state index in [2.05, 4.69) is 13.8 Å². The maximum absolute atomic E-state index is 9.51. The molecule has 0 saturated heterocycles. The van der Waals surface area contributed by atoms with Gasteiger partial charge in [0, 0.05) is 6.61 Å². The summed E-state index contributed by atoms with van der Waals surface area (Å²) in [6.45, 7) is 5.35. The Morgan fingerprint density at radius 3 is 2.29 bits per heavy atom. The van der Waals surface area contributed by atoms with Crippen LogP contribution in [0.25, 0.3) is 0 Å². The lowest BCUT2D eigenvalue weighted by Crippen LogP contribution is -2.54. The summed E-state index contributed by atoms with van der Waals surface area (Å²) >= 11 is 0. The van der Waals surface area contributed by atoms with Crippen LogP contribution in [0.5, 0.6) is 0 Å². The fraction of sp³-hybridized carbons (Fsp3) is 1.00. The van der Waals surface area contributed by atoms with Gasteiger partial charge in [-0.2, -0.15) is 0 Å². The van der Waals surface area contributed by atoms with E-state index in [4.69, 9.17) is 0 Å². The van der Waals surface area contributed by atoms with Crippen LogP contribution >= 0.6 is 0 Å². The van der Waals surface area contributed by atoms with Crippen molar-refractivity contribution in [2.75, 3.05) is 6.61 Å². The Hall–Kier alpha value is -0.0400. The number of rotatable bonds is 2. The van der Waals surface area contributed by atoms with Gasteiger partial charge in [0.1, 0.15) is 0 Å². The average Bonchev–Trinajstić information content (AvgIpc) is 2.98. The molecular weight excluding hydrogens is 172 g/mol. The van der Waals surface area contributed by atoms with Gasteiger partial charge in [-0.15, -0.1) is 0 Å². The zero-order valence-electron chi connectivity index (χ0n) is 9.42. The summed E-state index contributed by atoms with van der Waals surface area (Å²) in [6.07, 6.45) is 6.88. The highest BCUT2D eigenvalue weighted by Gasteiger charge is 2.62. The van der Waals surface area contributed by atoms with Gasteiger partial charge in [-0.3, -0.25) is 0 Å². The molecule has 3 atom stereocenters. The quantitative estimate of drug-likeness (QED) is 0.716. The van der Waals surface area contributed by atoms with Crippen molar-refractivity contribution in [1.29, 1.82) is 0 Å². The molecule has 80 valence electrons. The highest BCUT2D eigenvalue weighted by molar-refractivity contribution is 5.11. The van der Waals surface area contributed by atoms with Crippen LogP contribution in [-0.4, -0.2) is 11.7 Å². The van der Waals surface area contributed by atoms with E-state index >= 15 is 0 Å². The third kappa shape index (κ3) is 0.946. The van der Waals surface area contributed by atoms with Gasteiger partial charge in [-0.25, -0.2) is 0 Å². The SMILES string of the molecule is CC1(C)C2CCC(C3(CO)CC3)C1C2. The van der Waals surface area contributed by atoms with Crippen LogP contribution in [0.15, 0.2) is 0 Å².